The van der Waals surface area contributed by atoms with E-state index in [-0.39, 0.29) is 11.7 Å². The van der Waals surface area contributed by atoms with Gasteiger partial charge in [0.2, 0.25) is 0 Å². The van der Waals surface area contributed by atoms with E-state index < -0.39 is 0 Å². The van der Waals surface area contributed by atoms with Gasteiger partial charge < -0.3 is 9.64 Å². The Morgan fingerprint density at radius 1 is 1.50 bits per heavy atom. The zero-order chi connectivity index (χ0) is 13.3. The number of alkyl halides is 1. The number of hydrogen-bond acceptors (Lipinski definition) is 3. The molecule has 0 aromatic carbocycles. The minimum absolute atomic E-state index is 0.162. The summed E-state index contributed by atoms with van der Waals surface area (Å²) < 4.78 is 7.97. The Kier molecular flexibility index (Phi) is 4.73. The quantitative estimate of drug-likeness (QED) is 0.648. The lowest BCUT2D eigenvalue weighted by atomic mass is 10.1. The first-order valence-electron chi connectivity index (χ1n) is 5.71. The first-order valence-corrected chi connectivity index (χ1v) is 8.42. The van der Waals surface area contributed by atoms with Crippen molar-refractivity contribution in [2.75, 3.05) is 23.3 Å². The van der Waals surface area contributed by atoms with Gasteiger partial charge in [-0.05, 0) is 51.8 Å². The van der Waals surface area contributed by atoms with Crippen LogP contribution in [-0.2, 0) is 4.74 Å². The molecule has 1 aliphatic heterocycles. The fourth-order valence-electron chi connectivity index (χ4n) is 2.18. The van der Waals surface area contributed by atoms with Gasteiger partial charge in [-0.25, -0.2) is 4.98 Å². The molecule has 1 unspecified atom stereocenters. The van der Waals surface area contributed by atoms with E-state index in [0.29, 0.717) is 0 Å². The third-order valence-corrected chi connectivity index (χ3v) is 4.48. The number of ether oxygens (including phenoxy) is 1. The summed E-state index contributed by atoms with van der Waals surface area (Å²) in [5.41, 5.74) is -0.162. The van der Waals surface area contributed by atoms with Crippen LogP contribution in [0, 0.1) is 0 Å². The summed E-state index contributed by atoms with van der Waals surface area (Å²) >= 11 is 10.5. The van der Waals surface area contributed by atoms with Gasteiger partial charge in [-0.1, -0.05) is 15.9 Å². The van der Waals surface area contributed by atoms with Crippen molar-refractivity contribution in [3.63, 3.8) is 0 Å². The summed E-state index contributed by atoms with van der Waals surface area (Å²) in [7, 11) is 0. The van der Waals surface area contributed by atoms with Crippen LogP contribution in [0.3, 0.4) is 0 Å². The van der Waals surface area contributed by atoms with Crippen molar-refractivity contribution in [2.45, 2.75) is 25.6 Å². The molecule has 0 N–H and O–H groups in total. The van der Waals surface area contributed by atoms with E-state index in [1.165, 1.54) is 0 Å². The second-order valence-electron chi connectivity index (χ2n) is 4.99. The van der Waals surface area contributed by atoms with Crippen LogP contribution >= 0.6 is 47.8 Å². The molecular formula is C12H15Br3N2O. The molecule has 1 aromatic rings. The zero-order valence-corrected chi connectivity index (χ0v) is 15.0. The van der Waals surface area contributed by atoms with Crippen molar-refractivity contribution >= 4 is 53.6 Å². The van der Waals surface area contributed by atoms with Crippen molar-refractivity contribution in [3.05, 3.63) is 21.2 Å². The van der Waals surface area contributed by atoms with E-state index in [0.717, 1.165) is 33.2 Å². The smallest absolute Gasteiger partial charge is 0.143 e. The van der Waals surface area contributed by atoms with Gasteiger partial charge in [-0.2, -0.15) is 0 Å². The first kappa shape index (κ1) is 14.8. The Labute approximate surface area is 133 Å². The third kappa shape index (κ3) is 3.46. The number of anilines is 1. The van der Waals surface area contributed by atoms with Crippen molar-refractivity contribution < 1.29 is 4.74 Å². The molecule has 2 rings (SSSR count). The monoisotopic (exact) mass is 440 g/mol. The molecule has 1 atom stereocenters. The molecule has 1 aromatic heterocycles. The molecule has 0 aliphatic carbocycles. The van der Waals surface area contributed by atoms with Gasteiger partial charge in [0.25, 0.3) is 0 Å². The highest BCUT2D eigenvalue weighted by Gasteiger charge is 2.34. The van der Waals surface area contributed by atoms with Crippen LogP contribution in [0.1, 0.15) is 13.8 Å². The predicted octanol–water partition coefficient (Wildman–Crippen LogP) is 3.99. The first-order chi connectivity index (χ1) is 8.41. The summed E-state index contributed by atoms with van der Waals surface area (Å²) in [6.45, 7) is 5.91. The molecule has 18 heavy (non-hydrogen) atoms. The maximum absolute atomic E-state index is 6.00. The van der Waals surface area contributed by atoms with E-state index in [9.17, 15) is 0 Å². The molecule has 1 saturated heterocycles. The molecule has 0 radical (unpaired) electrons. The van der Waals surface area contributed by atoms with Crippen LogP contribution in [0.15, 0.2) is 21.2 Å². The fraction of sp³-hybridized carbons (Fsp3) is 0.583. The van der Waals surface area contributed by atoms with Gasteiger partial charge in [-0.15, -0.1) is 0 Å². The van der Waals surface area contributed by atoms with Gasteiger partial charge >= 0.3 is 0 Å². The summed E-state index contributed by atoms with van der Waals surface area (Å²) in [6, 6.07) is 2.02. The minimum atomic E-state index is -0.162. The highest BCUT2D eigenvalue weighted by molar-refractivity contribution is 9.11. The summed E-state index contributed by atoms with van der Waals surface area (Å²) in [5.74, 6) is 0.973. The number of rotatable bonds is 2. The lowest BCUT2D eigenvalue weighted by Crippen LogP contribution is -2.53. The number of pyridine rings is 1. The van der Waals surface area contributed by atoms with Crippen LogP contribution in [0.5, 0.6) is 0 Å². The topological polar surface area (TPSA) is 25.4 Å². The molecule has 2 heterocycles. The third-order valence-electron chi connectivity index (χ3n) is 2.74. The largest absolute Gasteiger partial charge is 0.368 e. The van der Waals surface area contributed by atoms with E-state index in [1.807, 2.05) is 12.3 Å². The van der Waals surface area contributed by atoms with E-state index in [4.69, 9.17) is 4.74 Å². The number of aromatic nitrogens is 1. The Morgan fingerprint density at radius 3 is 2.83 bits per heavy atom. The predicted molar refractivity (Wildman–Crippen MR) is 84.6 cm³/mol. The summed E-state index contributed by atoms with van der Waals surface area (Å²) in [5, 5.41) is 0.834. The van der Waals surface area contributed by atoms with Gasteiger partial charge in [0.1, 0.15) is 5.82 Å². The number of halogens is 3. The number of nitrogens with zero attached hydrogens (tertiary/aromatic N) is 2. The van der Waals surface area contributed by atoms with Crippen LogP contribution in [0.2, 0.25) is 0 Å². The van der Waals surface area contributed by atoms with Gasteiger partial charge in [0, 0.05) is 29.1 Å². The second-order valence-corrected chi connectivity index (χ2v) is 7.41. The minimum Gasteiger partial charge on any atom is -0.368 e. The maximum Gasteiger partial charge on any atom is 0.143 e. The van der Waals surface area contributed by atoms with E-state index in [1.54, 1.807) is 0 Å². The molecule has 0 spiro atoms. The van der Waals surface area contributed by atoms with Crippen LogP contribution in [0.25, 0.3) is 0 Å². The Balaban J connectivity index is 2.26. The lowest BCUT2D eigenvalue weighted by molar-refractivity contribution is -0.0726. The Hall–Kier alpha value is 0.350. The van der Waals surface area contributed by atoms with Gasteiger partial charge in [-0.3, -0.25) is 0 Å². The summed E-state index contributed by atoms with van der Waals surface area (Å²) in [4.78, 5) is 6.77. The molecule has 0 amide bonds. The SMILES string of the molecule is CC1(C)CN(c2ncc(Br)cc2Br)CC(CBr)O1. The molecule has 0 bridgehead atoms. The average molecular weight is 443 g/mol. The van der Waals surface area contributed by atoms with Crippen molar-refractivity contribution in [1.82, 2.24) is 4.98 Å². The summed E-state index contributed by atoms with van der Waals surface area (Å²) in [6.07, 6.45) is 2.01. The number of morpholine rings is 1. The highest BCUT2D eigenvalue weighted by atomic mass is 79.9. The van der Waals surface area contributed by atoms with Crippen LogP contribution < -0.4 is 4.90 Å². The van der Waals surface area contributed by atoms with Crippen LogP contribution in [0.4, 0.5) is 5.82 Å². The Morgan fingerprint density at radius 2 is 2.22 bits per heavy atom. The zero-order valence-electron chi connectivity index (χ0n) is 10.3. The van der Waals surface area contributed by atoms with Gasteiger partial charge in [0.15, 0.2) is 0 Å². The van der Waals surface area contributed by atoms with E-state index >= 15 is 0 Å². The molecule has 1 aliphatic rings. The van der Waals surface area contributed by atoms with Crippen molar-refractivity contribution in [2.24, 2.45) is 0 Å². The molecule has 0 saturated carbocycles. The normalized spacial score (nSPS) is 23.2. The fourth-order valence-corrected chi connectivity index (χ4v) is 3.75. The molecule has 6 heteroatoms. The van der Waals surface area contributed by atoms with E-state index in [2.05, 4.69) is 71.5 Å². The molecule has 1 fully saturated rings. The maximum atomic E-state index is 6.00. The Bertz CT molecular complexity index is 439. The number of hydrogen-bond donors (Lipinski definition) is 0. The molecular weight excluding hydrogens is 428 g/mol. The standard InChI is InChI=1S/C12H15Br3N2O/c1-12(2)7-17(6-9(4-13)18-12)11-10(15)3-8(14)5-16-11/h3,5,9H,4,6-7H2,1-2H3. The van der Waals surface area contributed by atoms with Crippen LogP contribution in [-0.4, -0.2) is 35.1 Å². The van der Waals surface area contributed by atoms with Crippen molar-refractivity contribution in [3.8, 4) is 0 Å². The lowest BCUT2D eigenvalue weighted by Gasteiger charge is -2.43. The highest BCUT2D eigenvalue weighted by Crippen LogP contribution is 2.31. The molecule has 100 valence electrons. The second kappa shape index (κ2) is 5.77. The van der Waals surface area contributed by atoms with Gasteiger partial charge in [0.05, 0.1) is 16.2 Å². The molecule has 3 nitrogen and oxygen atoms in total. The van der Waals surface area contributed by atoms with Crippen molar-refractivity contribution in [1.29, 1.82) is 0 Å². The average Bonchev–Trinajstić information content (AvgIpc) is 2.26.